The summed E-state index contributed by atoms with van der Waals surface area (Å²) in [6.07, 6.45) is 4.56. The Labute approximate surface area is 55.1 Å². The summed E-state index contributed by atoms with van der Waals surface area (Å²) in [5, 5.41) is 0. The van der Waals surface area contributed by atoms with Crippen LogP contribution in [0.15, 0.2) is 23.8 Å². The van der Waals surface area contributed by atoms with Crippen LogP contribution in [0.1, 0.15) is 13.8 Å². The first-order valence-corrected chi connectivity index (χ1v) is 3.21. The van der Waals surface area contributed by atoms with Gasteiger partial charge in [-0.25, -0.2) is 4.39 Å². The smallest absolute Gasteiger partial charge is 0.125 e. The molecule has 0 aromatic carbocycles. The highest BCUT2D eigenvalue weighted by atomic mass is 19.1. The Morgan fingerprint density at radius 1 is 1.56 bits per heavy atom. The first-order chi connectivity index (χ1) is 4.22. The summed E-state index contributed by atoms with van der Waals surface area (Å²) in [6.45, 7) is 3.86. The molecule has 0 nitrogen and oxygen atoms in total. The zero-order valence-electron chi connectivity index (χ0n) is 5.76. The average Bonchev–Trinajstić information content (AvgIpc) is 1.83. The number of alkyl halides is 1. The summed E-state index contributed by atoms with van der Waals surface area (Å²) in [6, 6.07) is 0. The zero-order valence-corrected chi connectivity index (χ0v) is 5.76. The van der Waals surface area contributed by atoms with Crippen molar-refractivity contribution in [3.05, 3.63) is 23.8 Å². The molecular formula is C8H11F. The molecule has 0 saturated heterocycles. The van der Waals surface area contributed by atoms with Crippen molar-refractivity contribution in [3.8, 4) is 0 Å². The molecular weight excluding hydrogens is 115 g/mol. The van der Waals surface area contributed by atoms with E-state index < -0.39 is 6.17 Å². The third-order valence-corrected chi connectivity index (χ3v) is 1.85. The number of hydrogen-bond donors (Lipinski definition) is 0. The SMILES string of the molecule is CC1=CC=CC(F)C1C. The molecule has 1 heteroatoms. The van der Waals surface area contributed by atoms with Crippen LogP contribution in [0, 0.1) is 5.92 Å². The van der Waals surface area contributed by atoms with Gasteiger partial charge >= 0.3 is 0 Å². The lowest BCUT2D eigenvalue weighted by Gasteiger charge is -2.16. The summed E-state index contributed by atoms with van der Waals surface area (Å²) in [4.78, 5) is 0. The van der Waals surface area contributed by atoms with E-state index in [1.165, 1.54) is 0 Å². The van der Waals surface area contributed by atoms with Gasteiger partial charge in [-0.1, -0.05) is 30.7 Å². The second-order valence-corrected chi connectivity index (χ2v) is 2.53. The van der Waals surface area contributed by atoms with Crippen molar-refractivity contribution in [1.29, 1.82) is 0 Å². The van der Waals surface area contributed by atoms with Crippen LogP contribution < -0.4 is 0 Å². The van der Waals surface area contributed by atoms with Gasteiger partial charge in [-0.2, -0.15) is 0 Å². The topological polar surface area (TPSA) is 0 Å². The lowest BCUT2D eigenvalue weighted by atomic mass is 9.93. The minimum atomic E-state index is -0.769. The highest BCUT2D eigenvalue weighted by Crippen LogP contribution is 2.21. The van der Waals surface area contributed by atoms with Crippen LogP contribution >= 0.6 is 0 Å². The quantitative estimate of drug-likeness (QED) is 0.467. The van der Waals surface area contributed by atoms with Crippen LogP contribution in [0.4, 0.5) is 4.39 Å². The van der Waals surface area contributed by atoms with Gasteiger partial charge in [0.2, 0.25) is 0 Å². The molecule has 0 aromatic heterocycles. The van der Waals surface area contributed by atoms with Gasteiger partial charge in [0.15, 0.2) is 0 Å². The van der Waals surface area contributed by atoms with Gasteiger partial charge in [-0.15, -0.1) is 0 Å². The van der Waals surface area contributed by atoms with E-state index in [-0.39, 0.29) is 5.92 Å². The fraction of sp³-hybridized carbons (Fsp3) is 0.500. The third-order valence-electron chi connectivity index (χ3n) is 1.85. The fourth-order valence-corrected chi connectivity index (χ4v) is 0.883. The van der Waals surface area contributed by atoms with Crippen molar-refractivity contribution >= 4 is 0 Å². The predicted molar refractivity (Wildman–Crippen MR) is 37.0 cm³/mol. The van der Waals surface area contributed by atoms with Crippen molar-refractivity contribution in [1.82, 2.24) is 0 Å². The minimum Gasteiger partial charge on any atom is -0.242 e. The second-order valence-electron chi connectivity index (χ2n) is 2.53. The van der Waals surface area contributed by atoms with Gasteiger partial charge in [0.05, 0.1) is 0 Å². The third kappa shape index (κ3) is 1.21. The maximum absolute atomic E-state index is 12.7. The van der Waals surface area contributed by atoms with Crippen molar-refractivity contribution in [3.63, 3.8) is 0 Å². The van der Waals surface area contributed by atoms with Gasteiger partial charge in [0.25, 0.3) is 0 Å². The van der Waals surface area contributed by atoms with E-state index in [0.29, 0.717) is 0 Å². The Morgan fingerprint density at radius 2 is 2.22 bits per heavy atom. The standard InChI is InChI=1S/C8H11F/c1-6-4-3-5-8(9)7(6)2/h3-5,7-8H,1-2H3. The predicted octanol–water partition coefficient (Wildman–Crippen LogP) is 2.48. The van der Waals surface area contributed by atoms with E-state index in [9.17, 15) is 4.39 Å². The zero-order chi connectivity index (χ0) is 6.85. The van der Waals surface area contributed by atoms with Crippen molar-refractivity contribution in [2.45, 2.75) is 20.0 Å². The molecule has 0 bridgehead atoms. The molecule has 0 heterocycles. The Morgan fingerprint density at radius 3 is 2.67 bits per heavy atom. The summed E-state index contributed by atoms with van der Waals surface area (Å²) in [7, 11) is 0. The van der Waals surface area contributed by atoms with Gasteiger partial charge in [0.1, 0.15) is 6.17 Å². The largest absolute Gasteiger partial charge is 0.242 e. The molecule has 0 spiro atoms. The molecule has 2 atom stereocenters. The molecule has 0 aliphatic heterocycles. The van der Waals surface area contributed by atoms with Gasteiger partial charge < -0.3 is 0 Å². The summed E-state index contributed by atoms with van der Waals surface area (Å²) in [5.41, 5.74) is 1.13. The number of hydrogen-bond acceptors (Lipinski definition) is 0. The molecule has 0 amide bonds. The van der Waals surface area contributed by atoms with Crippen molar-refractivity contribution in [2.24, 2.45) is 5.92 Å². The molecule has 2 unspecified atom stereocenters. The molecule has 1 aliphatic rings. The summed E-state index contributed by atoms with van der Waals surface area (Å²) >= 11 is 0. The minimum absolute atomic E-state index is 0.0787. The first kappa shape index (κ1) is 6.53. The van der Waals surface area contributed by atoms with E-state index >= 15 is 0 Å². The second kappa shape index (κ2) is 2.34. The fourth-order valence-electron chi connectivity index (χ4n) is 0.883. The molecule has 0 aromatic rings. The first-order valence-electron chi connectivity index (χ1n) is 3.21. The molecule has 1 aliphatic carbocycles. The molecule has 9 heavy (non-hydrogen) atoms. The van der Waals surface area contributed by atoms with Crippen LogP contribution in [-0.2, 0) is 0 Å². The van der Waals surface area contributed by atoms with Crippen molar-refractivity contribution in [2.75, 3.05) is 0 Å². The van der Waals surface area contributed by atoms with Crippen LogP contribution in [0.2, 0.25) is 0 Å². The van der Waals surface area contributed by atoms with Gasteiger partial charge in [0, 0.05) is 5.92 Å². The number of halogens is 1. The van der Waals surface area contributed by atoms with E-state index in [1.807, 2.05) is 19.9 Å². The highest BCUT2D eigenvalue weighted by molar-refractivity contribution is 5.21. The van der Waals surface area contributed by atoms with Gasteiger partial charge in [-0.05, 0) is 6.92 Å². The van der Waals surface area contributed by atoms with E-state index in [2.05, 4.69) is 0 Å². The van der Waals surface area contributed by atoms with Crippen LogP contribution in [-0.4, -0.2) is 6.17 Å². The van der Waals surface area contributed by atoms with Crippen LogP contribution in [0.5, 0.6) is 0 Å². The maximum atomic E-state index is 12.7. The molecule has 0 saturated carbocycles. The molecule has 1 rings (SSSR count). The average molecular weight is 126 g/mol. The number of rotatable bonds is 0. The Hall–Kier alpha value is -0.590. The van der Waals surface area contributed by atoms with Gasteiger partial charge in [-0.3, -0.25) is 0 Å². The molecule has 0 radical (unpaired) electrons. The van der Waals surface area contributed by atoms with E-state index in [0.717, 1.165) is 5.57 Å². The van der Waals surface area contributed by atoms with Crippen LogP contribution in [0.25, 0.3) is 0 Å². The lowest BCUT2D eigenvalue weighted by Crippen LogP contribution is -2.13. The lowest BCUT2D eigenvalue weighted by molar-refractivity contribution is 0.323. The molecule has 0 fully saturated rings. The van der Waals surface area contributed by atoms with Crippen LogP contribution in [0.3, 0.4) is 0 Å². The monoisotopic (exact) mass is 126 g/mol. The summed E-state index contributed by atoms with van der Waals surface area (Å²) in [5.74, 6) is 0.0787. The highest BCUT2D eigenvalue weighted by Gasteiger charge is 2.16. The Kier molecular flexibility index (Phi) is 1.70. The molecule has 0 N–H and O–H groups in total. The Bertz CT molecular complexity index is 156. The van der Waals surface area contributed by atoms with E-state index in [4.69, 9.17) is 0 Å². The van der Waals surface area contributed by atoms with Crippen molar-refractivity contribution < 1.29 is 4.39 Å². The van der Waals surface area contributed by atoms with E-state index in [1.54, 1.807) is 12.2 Å². The molecule has 50 valence electrons. The maximum Gasteiger partial charge on any atom is 0.125 e. The number of allylic oxidation sites excluding steroid dienone is 4. The normalized spacial score (nSPS) is 34.3. The Balaban J connectivity index is 2.73. The summed E-state index contributed by atoms with van der Waals surface area (Å²) < 4.78 is 12.7.